The Kier molecular flexibility index (Phi) is 3.31. The smallest absolute Gasteiger partial charge is 0.176 e. The Morgan fingerprint density at radius 2 is 2.07 bits per heavy atom. The van der Waals surface area contributed by atoms with Gasteiger partial charge in [0.05, 0.1) is 13.7 Å². The van der Waals surface area contributed by atoms with Gasteiger partial charge in [-0.25, -0.2) is 0 Å². The fourth-order valence-corrected chi connectivity index (χ4v) is 1.53. The Labute approximate surface area is 88.7 Å². The molecule has 3 N–H and O–H groups in total. The van der Waals surface area contributed by atoms with Crippen LogP contribution in [0.5, 0.6) is 11.5 Å². The van der Waals surface area contributed by atoms with Gasteiger partial charge in [-0.3, -0.25) is 4.79 Å². The summed E-state index contributed by atoms with van der Waals surface area (Å²) in [6, 6.07) is 1.40. The molecule has 0 amide bonds. The molecular weight excluding hydrogens is 194 g/mol. The number of ether oxygens (including phenoxy) is 1. The van der Waals surface area contributed by atoms with Gasteiger partial charge < -0.3 is 15.6 Å². The molecule has 4 heteroatoms. The highest BCUT2D eigenvalue weighted by Crippen LogP contribution is 2.34. The van der Waals surface area contributed by atoms with E-state index in [9.17, 15) is 9.90 Å². The quantitative estimate of drug-likeness (QED) is 0.733. The normalized spacial score (nSPS) is 10.1. The van der Waals surface area contributed by atoms with Crippen LogP contribution in [0.3, 0.4) is 0 Å². The Morgan fingerprint density at radius 3 is 2.53 bits per heavy atom. The first-order valence-electron chi connectivity index (χ1n) is 4.63. The summed E-state index contributed by atoms with van der Waals surface area (Å²) in [5.74, 6) is 0.187. The predicted molar refractivity (Wildman–Crippen MR) is 57.5 cm³/mol. The van der Waals surface area contributed by atoms with Crippen LogP contribution in [-0.2, 0) is 0 Å². The van der Waals surface area contributed by atoms with Gasteiger partial charge in [0.15, 0.2) is 17.3 Å². The van der Waals surface area contributed by atoms with Crippen LogP contribution in [0.1, 0.15) is 21.5 Å². The van der Waals surface area contributed by atoms with Crippen molar-refractivity contribution in [3.05, 3.63) is 22.8 Å². The van der Waals surface area contributed by atoms with Gasteiger partial charge in [-0.05, 0) is 31.0 Å². The number of nitrogens with two attached hydrogens (primary N) is 1. The lowest BCUT2D eigenvalue weighted by molar-refractivity contribution is 0.1000. The zero-order valence-corrected chi connectivity index (χ0v) is 9.13. The van der Waals surface area contributed by atoms with Crippen LogP contribution in [0.25, 0.3) is 0 Å². The number of ketones is 1. The van der Waals surface area contributed by atoms with E-state index in [1.54, 1.807) is 13.8 Å². The van der Waals surface area contributed by atoms with Crippen molar-refractivity contribution in [1.29, 1.82) is 0 Å². The number of hydrogen-bond donors (Lipinski definition) is 2. The molecule has 1 aromatic rings. The first-order chi connectivity index (χ1) is 7.02. The molecule has 0 radical (unpaired) electrons. The third kappa shape index (κ3) is 1.94. The Morgan fingerprint density at radius 1 is 1.47 bits per heavy atom. The highest BCUT2D eigenvalue weighted by molar-refractivity contribution is 5.99. The minimum Gasteiger partial charge on any atom is -0.504 e. The van der Waals surface area contributed by atoms with Crippen LogP contribution in [-0.4, -0.2) is 24.5 Å². The number of rotatable bonds is 3. The van der Waals surface area contributed by atoms with Crippen LogP contribution in [0.15, 0.2) is 6.07 Å². The van der Waals surface area contributed by atoms with E-state index >= 15 is 0 Å². The summed E-state index contributed by atoms with van der Waals surface area (Å²) in [5, 5.41) is 9.62. The van der Waals surface area contributed by atoms with Crippen molar-refractivity contribution in [2.45, 2.75) is 13.8 Å². The van der Waals surface area contributed by atoms with E-state index in [1.165, 1.54) is 13.2 Å². The second-order valence-electron chi connectivity index (χ2n) is 3.35. The van der Waals surface area contributed by atoms with Crippen LogP contribution >= 0.6 is 0 Å². The minimum absolute atomic E-state index is 0.0302. The number of aromatic hydroxyl groups is 1. The van der Waals surface area contributed by atoms with Crippen molar-refractivity contribution in [1.82, 2.24) is 0 Å². The Balaban J connectivity index is 3.40. The molecule has 82 valence electrons. The molecule has 1 aromatic carbocycles. The molecule has 0 saturated heterocycles. The summed E-state index contributed by atoms with van der Waals surface area (Å²) in [7, 11) is 1.48. The first-order valence-corrected chi connectivity index (χ1v) is 4.63. The Hall–Kier alpha value is -1.55. The largest absolute Gasteiger partial charge is 0.504 e. The van der Waals surface area contributed by atoms with Crippen molar-refractivity contribution < 1.29 is 14.6 Å². The fraction of sp³-hybridized carbons (Fsp3) is 0.364. The summed E-state index contributed by atoms with van der Waals surface area (Å²) in [5.41, 5.74) is 7.28. The van der Waals surface area contributed by atoms with E-state index in [0.29, 0.717) is 11.3 Å². The van der Waals surface area contributed by atoms with Gasteiger partial charge in [-0.15, -0.1) is 0 Å². The van der Waals surface area contributed by atoms with E-state index in [0.717, 1.165) is 11.1 Å². The number of Topliss-reactive ketones (excluding diaryl/α,β-unsaturated/α-hetero) is 1. The minimum atomic E-state index is -0.187. The maximum Gasteiger partial charge on any atom is 0.176 e. The summed E-state index contributed by atoms with van der Waals surface area (Å²) >= 11 is 0. The van der Waals surface area contributed by atoms with Crippen molar-refractivity contribution in [3.8, 4) is 11.5 Å². The highest BCUT2D eigenvalue weighted by Gasteiger charge is 2.16. The van der Waals surface area contributed by atoms with Crippen molar-refractivity contribution in [3.63, 3.8) is 0 Å². The maximum absolute atomic E-state index is 11.5. The van der Waals surface area contributed by atoms with E-state index < -0.39 is 0 Å². The first kappa shape index (κ1) is 11.5. The summed E-state index contributed by atoms with van der Waals surface area (Å²) in [6.07, 6.45) is 0. The summed E-state index contributed by atoms with van der Waals surface area (Å²) < 4.78 is 5.03. The van der Waals surface area contributed by atoms with Crippen LogP contribution in [0.2, 0.25) is 0 Å². The van der Waals surface area contributed by atoms with E-state index in [2.05, 4.69) is 0 Å². The van der Waals surface area contributed by atoms with Crippen molar-refractivity contribution >= 4 is 5.78 Å². The molecule has 0 spiro atoms. The summed E-state index contributed by atoms with van der Waals surface area (Å²) in [4.78, 5) is 11.5. The molecule has 0 aliphatic rings. The number of methoxy groups -OCH3 is 1. The third-order valence-corrected chi connectivity index (χ3v) is 2.51. The average Bonchev–Trinajstić information content (AvgIpc) is 2.23. The number of benzene rings is 1. The van der Waals surface area contributed by atoms with E-state index in [4.69, 9.17) is 10.5 Å². The molecule has 0 unspecified atom stereocenters. The second kappa shape index (κ2) is 4.31. The fourth-order valence-electron chi connectivity index (χ4n) is 1.53. The molecule has 15 heavy (non-hydrogen) atoms. The number of phenols is 1. The molecule has 0 atom stereocenters. The molecule has 0 heterocycles. The Bertz CT molecular complexity index is 399. The molecular formula is C11H15NO3. The predicted octanol–water partition coefficient (Wildman–Crippen LogP) is 1.16. The molecule has 0 saturated carbocycles. The monoisotopic (exact) mass is 209 g/mol. The van der Waals surface area contributed by atoms with E-state index in [1.807, 2.05) is 0 Å². The zero-order valence-electron chi connectivity index (χ0n) is 9.13. The standard InChI is InChI=1S/C11H15NO3/c1-6-7(2)11(15-3)9(13)4-8(6)10(14)5-12/h4,13H,5,12H2,1-3H3. The van der Waals surface area contributed by atoms with E-state index in [-0.39, 0.29) is 18.1 Å². The SMILES string of the molecule is COc1c(O)cc(C(=O)CN)c(C)c1C. The lowest BCUT2D eigenvalue weighted by Crippen LogP contribution is -2.15. The van der Waals surface area contributed by atoms with Gasteiger partial charge in [-0.2, -0.15) is 0 Å². The molecule has 0 aliphatic heterocycles. The van der Waals surface area contributed by atoms with Crippen LogP contribution < -0.4 is 10.5 Å². The molecule has 0 aromatic heterocycles. The molecule has 0 fully saturated rings. The van der Waals surface area contributed by atoms with Gasteiger partial charge in [0, 0.05) is 5.56 Å². The lowest BCUT2D eigenvalue weighted by atomic mass is 9.98. The lowest BCUT2D eigenvalue weighted by Gasteiger charge is -2.13. The van der Waals surface area contributed by atoms with Crippen LogP contribution in [0, 0.1) is 13.8 Å². The van der Waals surface area contributed by atoms with Crippen LogP contribution in [0.4, 0.5) is 0 Å². The second-order valence-corrected chi connectivity index (χ2v) is 3.35. The van der Waals surface area contributed by atoms with Gasteiger partial charge in [-0.1, -0.05) is 0 Å². The van der Waals surface area contributed by atoms with Gasteiger partial charge in [0.25, 0.3) is 0 Å². The molecule has 1 rings (SSSR count). The third-order valence-electron chi connectivity index (χ3n) is 2.51. The number of carbonyl (C=O) groups excluding carboxylic acids is 1. The molecule has 0 bridgehead atoms. The van der Waals surface area contributed by atoms with Gasteiger partial charge >= 0.3 is 0 Å². The van der Waals surface area contributed by atoms with Gasteiger partial charge in [0.1, 0.15) is 0 Å². The molecule has 4 nitrogen and oxygen atoms in total. The average molecular weight is 209 g/mol. The van der Waals surface area contributed by atoms with Gasteiger partial charge in [0.2, 0.25) is 0 Å². The number of hydrogen-bond acceptors (Lipinski definition) is 4. The van der Waals surface area contributed by atoms with Crippen molar-refractivity contribution in [2.24, 2.45) is 5.73 Å². The molecule has 0 aliphatic carbocycles. The van der Waals surface area contributed by atoms with Crippen molar-refractivity contribution in [2.75, 3.05) is 13.7 Å². The highest BCUT2D eigenvalue weighted by atomic mass is 16.5. The maximum atomic E-state index is 11.5. The number of phenolic OH excluding ortho intramolecular Hbond substituents is 1. The zero-order chi connectivity index (χ0) is 11.6. The topological polar surface area (TPSA) is 72.5 Å². The summed E-state index contributed by atoms with van der Waals surface area (Å²) in [6.45, 7) is 3.54. The number of carbonyl (C=O) groups is 1.